The quantitative estimate of drug-likeness (QED) is 0.676. The summed E-state index contributed by atoms with van der Waals surface area (Å²) in [6.45, 7) is 4.96. The van der Waals surface area contributed by atoms with Gasteiger partial charge in [-0.25, -0.2) is 9.97 Å². The van der Waals surface area contributed by atoms with Crippen LogP contribution in [0.25, 0.3) is 21.6 Å². The molecule has 25 heavy (non-hydrogen) atoms. The summed E-state index contributed by atoms with van der Waals surface area (Å²) in [5.41, 5.74) is 1.01. The van der Waals surface area contributed by atoms with Crippen molar-refractivity contribution >= 4 is 28.1 Å². The number of rotatable bonds is 4. The number of para-hydroxylation sites is 1. The molecule has 1 aromatic carbocycles. The van der Waals surface area contributed by atoms with Crippen molar-refractivity contribution in [3.8, 4) is 23.0 Å². The maximum absolute atomic E-state index is 5.39. The molecule has 1 aliphatic heterocycles. The first-order chi connectivity index (χ1) is 12.3. The fourth-order valence-corrected chi connectivity index (χ4v) is 3.88. The second-order valence-electron chi connectivity index (χ2n) is 6.15. The molecule has 4 nitrogen and oxygen atoms in total. The van der Waals surface area contributed by atoms with Crippen LogP contribution in [0.3, 0.4) is 0 Å². The number of aromatic nitrogens is 2. The number of benzene rings is 1. The predicted molar refractivity (Wildman–Crippen MR) is 105 cm³/mol. The number of anilines is 1. The van der Waals surface area contributed by atoms with E-state index in [2.05, 4.69) is 45.4 Å². The van der Waals surface area contributed by atoms with Gasteiger partial charge in [-0.05, 0) is 23.6 Å². The molecule has 3 aromatic rings. The molecule has 0 unspecified atom stereocenters. The first kappa shape index (κ1) is 16.1. The monoisotopic (exact) mass is 348 g/mol. The molecule has 0 radical (unpaired) electrons. The van der Waals surface area contributed by atoms with Crippen LogP contribution in [-0.2, 0) is 0 Å². The summed E-state index contributed by atoms with van der Waals surface area (Å²) >= 11 is 1.68. The number of terminal acetylenes is 1. The lowest BCUT2D eigenvalue weighted by atomic mass is 10.2. The van der Waals surface area contributed by atoms with Gasteiger partial charge in [0.05, 0.1) is 10.4 Å². The van der Waals surface area contributed by atoms with Gasteiger partial charge in [0.2, 0.25) is 0 Å². The summed E-state index contributed by atoms with van der Waals surface area (Å²) < 4.78 is 0. The second-order valence-corrected chi connectivity index (χ2v) is 7.10. The van der Waals surface area contributed by atoms with Crippen LogP contribution < -0.4 is 4.90 Å². The number of piperazine rings is 1. The molecule has 1 fully saturated rings. The Balaban J connectivity index is 1.66. The van der Waals surface area contributed by atoms with Crippen LogP contribution in [0, 0.1) is 12.3 Å². The normalized spacial score (nSPS) is 15.4. The van der Waals surface area contributed by atoms with E-state index >= 15 is 0 Å². The standard InChI is InChI=1S/C20H20N4S/c1-2-3-10-23-11-13-24(14-12-23)20-16-7-4-5-8-17(16)21-19(22-20)18-9-6-15-25-18/h1,4-9,15H,3,10-14H2. The molecule has 4 rings (SSSR count). The second kappa shape index (κ2) is 7.22. The van der Waals surface area contributed by atoms with E-state index < -0.39 is 0 Å². The maximum Gasteiger partial charge on any atom is 0.172 e. The molecule has 1 aliphatic rings. The van der Waals surface area contributed by atoms with E-state index in [1.807, 2.05) is 12.1 Å². The van der Waals surface area contributed by atoms with E-state index in [1.165, 1.54) is 0 Å². The van der Waals surface area contributed by atoms with Gasteiger partial charge in [0.15, 0.2) is 5.82 Å². The third-order valence-electron chi connectivity index (χ3n) is 4.57. The largest absolute Gasteiger partial charge is 0.353 e. The zero-order chi connectivity index (χ0) is 17.1. The smallest absolute Gasteiger partial charge is 0.172 e. The van der Waals surface area contributed by atoms with E-state index in [0.717, 1.165) is 66.6 Å². The van der Waals surface area contributed by atoms with Crippen LogP contribution in [0.5, 0.6) is 0 Å². The zero-order valence-corrected chi connectivity index (χ0v) is 14.9. The summed E-state index contributed by atoms with van der Waals surface area (Å²) in [4.78, 5) is 15.6. The predicted octanol–water partition coefficient (Wildman–Crippen LogP) is 3.50. The summed E-state index contributed by atoms with van der Waals surface area (Å²) in [5, 5.41) is 3.19. The Morgan fingerprint density at radius 1 is 1.04 bits per heavy atom. The van der Waals surface area contributed by atoms with E-state index in [9.17, 15) is 0 Å². The van der Waals surface area contributed by atoms with Gasteiger partial charge in [0.1, 0.15) is 5.82 Å². The molecule has 0 spiro atoms. The van der Waals surface area contributed by atoms with Gasteiger partial charge in [-0.15, -0.1) is 23.7 Å². The van der Waals surface area contributed by atoms with Crippen molar-refractivity contribution in [1.29, 1.82) is 0 Å². The number of thiophene rings is 1. The van der Waals surface area contributed by atoms with Crippen LogP contribution >= 0.6 is 11.3 Å². The fraction of sp³-hybridized carbons (Fsp3) is 0.300. The number of fused-ring (bicyclic) bond motifs is 1. The molecule has 126 valence electrons. The lowest BCUT2D eigenvalue weighted by molar-refractivity contribution is 0.263. The molecule has 3 heterocycles. The van der Waals surface area contributed by atoms with Gasteiger partial charge in [-0.2, -0.15) is 0 Å². The molecule has 0 atom stereocenters. The molecule has 2 aromatic heterocycles. The van der Waals surface area contributed by atoms with Crippen LogP contribution in [0.1, 0.15) is 6.42 Å². The minimum Gasteiger partial charge on any atom is -0.353 e. The lowest BCUT2D eigenvalue weighted by Crippen LogP contribution is -2.47. The van der Waals surface area contributed by atoms with Gasteiger partial charge < -0.3 is 4.90 Å². The minimum absolute atomic E-state index is 0.818. The third-order valence-corrected chi connectivity index (χ3v) is 5.43. The highest BCUT2D eigenvalue weighted by atomic mass is 32.1. The van der Waals surface area contributed by atoms with Crippen LogP contribution in [0.2, 0.25) is 0 Å². The summed E-state index contributed by atoms with van der Waals surface area (Å²) in [7, 11) is 0. The highest BCUT2D eigenvalue weighted by Gasteiger charge is 2.20. The molecule has 5 heteroatoms. The molecule has 0 aliphatic carbocycles. The van der Waals surface area contributed by atoms with Crippen molar-refractivity contribution in [1.82, 2.24) is 14.9 Å². The molecular formula is C20H20N4S. The number of hydrogen-bond acceptors (Lipinski definition) is 5. The van der Waals surface area contributed by atoms with Crippen LogP contribution in [0.15, 0.2) is 41.8 Å². The van der Waals surface area contributed by atoms with Crippen LogP contribution in [0.4, 0.5) is 5.82 Å². The average Bonchev–Trinajstić information content (AvgIpc) is 3.21. The van der Waals surface area contributed by atoms with Gasteiger partial charge in [0.25, 0.3) is 0 Å². The van der Waals surface area contributed by atoms with E-state index in [4.69, 9.17) is 16.4 Å². The van der Waals surface area contributed by atoms with Crippen molar-refractivity contribution in [2.24, 2.45) is 0 Å². The molecule has 0 amide bonds. The summed E-state index contributed by atoms with van der Waals surface area (Å²) in [6, 6.07) is 12.4. The third kappa shape index (κ3) is 3.37. The van der Waals surface area contributed by atoms with Crippen molar-refractivity contribution < 1.29 is 0 Å². The first-order valence-electron chi connectivity index (χ1n) is 8.56. The Morgan fingerprint density at radius 2 is 1.88 bits per heavy atom. The SMILES string of the molecule is C#CCCN1CCN(c2nc(-c3cccs3)nc3ccccc23)CC1. The minimum atomic E-state index is 0.818. The van der Waals surface area contributed by atoms with Crippen molar-refractivity contribution in [3.05, 3.63) is 41.8 Å². The Hall–Kier alpha value is -2.42. The van der Waals surface area contributed by atoms with Crippen molar-refractivity contribution in [2.45, 2.75) is 6.42 Å². The first-order valence-corrected chi connectivity index (χ1v) is 9.44. The molecule has 0 bridgehead atoms. The van der Waals surface area contributed by atoms with Gasteiger partial charge in [-0.3, -0.25) is 4.90 Å². The Morgan fingerprint density at radius 3 is 2.64 bits per heavy atom. The zero-order valence-electron chi connectivity index (χ0n) is 14.1. The fourth-order valence-electron chi connectivity index (χ4n) is 3.22. The number of hydrogen-bond donors (Lipinski definition) is 0. The molecule has 1 saturated heterocycles. The molecule has 0 saturated carbocycles. The topological polar surface area (TPSA) is 32.3 Å². The van der Waals surface area contributed by atoms with E-state index in [1.54, 1.807) is 11.3 Å². The van der Waals surface area contributed by atoms with Crippen molar-refractivity contribution in [2.75, 3.05) is 37.6 Å². The molecule has 0 N–H and O–H groups in total. The Kier molecular flexibility index (Phi) is 4.64. The Bertz CT molecular complexity index is 890. The summed E-state index contributed by atoms with van der Waals surface area (Å²) in [5.74, 6) is 4.60. The van der Waals surface area contributed by atoms with E-state index in [0.29, 0.717) is 0 Å². The van der Waals surface area contributed by atoms with Gasteiger partial charge in [0, 0.05) is 44.5 Å². The van der Waals surface area contributed by atoms with E-state index in [-0.39, 0.29) is 0 Å². The van der Waals surface area contributed by atoms with Crippen LogP contribution in [-0.4, -0.2) is 47.6 Å². The van der Waals surface area contributed by atoms with Crippen molar-refractivity contribution in [3.63, 3.8) is 0 Å². The lowest BCUT2D eigenvalue weighted by Gasteiger charge is -2.35. The highest BCUT2D eigenvalue weighted by molar-refractivity contribution is 7.13. The highest BCUT2D eigenvalue weighted by Crippen LogP contribution is 2.29. The van der Waals surface area contributed by atoms with Gasteiger partial charge in [-0.1, -0.05) is 18.2 Å². The average molecular weight is 348 g/mol. The summed E-state index contributed by atoms with van der Waals surface area (Å²) in [6.07, 6.45) is 6.20. The number of nitrogens with zero attached hydrogens (tertiary/aromatic N) is 4. The maximum atomic E-state index is 5.39. The van der Waals surface area contributed by atoms with Gasteiger partial charge >= 0.3 is 0 Å². The Labute approximate surface area is 152 Å². The molecular weight excluding hydrogens is 328 g/mol.